The second-order valence-corrected chi connectivity index (χ2v) is 5.42. The Morgan fingerprint density at radius 2 is 2.00 bits per heavy atom. The van der Waals surface area contributed by atoms with E-state index < -0.39 is 11.7 Å². The molecule has 1 aliphatic heterocycles. The number of hydrogen-bond donors (Lipinski definition) is 0. The monoisotopic (exact) mass is 265 g/mol. The van der Waals surface area contributed by atoms with Crippen LogP contribution in [0.15, 0.2) is 18.2 Å². The lowest BCUT2D eigenvalue weighted by Crippen LogP contribution is -2.30. The van der Waals surface area contributed by atoms with Crippen LogP contribution in [0.1, 0.15) is 37.0 Å². The molecule has 1 aromatic rings. The van der Waals surface area contributed by atoms with Crippen molar-refractivity contribution in [3.63, 3.8) is 0 Å². The van der Waals surface area contributed by atoms with Gasteiger partial charge in [-0.15, -0.1) is 0 Å². The number of anilines is 1. The first-order valence-corrected chi connectivity index (χ1v) is 6.54. The predicted molar refractivity (Wildman–Crippen MR) is 72.2 cm³/mol. The molecule has 0 spiro atoms. The van der Waals surface area contributed by atoms with Crippen molar-refractivity contribution in [3.05, 3.63) is 28.8 Å². The third-order valence-corrected chi connectivity index (χ3v) is 3.33. The van der Waals surface area contributed by atoms with Gasteiger partial charge in [0.1, 0.15) is 0 Å². The van der Waals surface area contributed by atoms with Gasteiger partial charge in [0.2, 0.25) is 0 Å². The number of amides is 1. The minimum atomic E-state index is -0.434. The first-order valence-electron chi connectivity index (χ1n) is 6.16. The summed E-state index contributed by atoms with van der Waals surface area (Å²) in [6.07, 6.45) is 1.93. The molecular formula is C14H16ClNO2. The molecule has 1 aromatic carbocycles. The van der Waals surface area contributed by atoms with Crippen LogP contribution in [0.4, 0.5) is 5.69 Å². The molecule has 1 aliphatic rings. The summed E-state index contributed by atoms with van der Waals surface area (Å²) in [5.41, 5.74) is 1.12. The molecule has 4 heteroatoms. The highest BCUT2D eigenvalue weighted by Crippen LogP contribution is 2.31. The van der Waals surface area contributed by atoms with E-state index in [-0.39, 0.29) is 0 Å². The van der Waals surface area contributed by atoms with E-state index in [0.717, 1.165) is 12.8 Å². The summed E-state index contributed by atoms with van der Waals surface area (Å²) in [4.78, 5) is 25.2. The maximum atomic E-state index is 11.9. The van der Waals surface area contributed by atoms with Crippen LogP contribution in [0.2, 0.25) is 5.02 Å². The topological polar surface area (TPSA) is 37.4 Å². The lowest BCUT2D eigenvalue weighted by atomic mass is 10.1. The molecule has 1 amide bonds. The van der Waals surface area contributed by atoms with Gasteiger partial charge in [-0.05, 0) is 37.0 Å². The number of ketones is 1. The number of fused-ring (bicyclic) bond motifs is 1. The highest BCUT2D eigenvalue weighted by atomic mass is 35.5. The van der Waals surface area contributed by atoms with Crippen LogP contribution >= 0.6 is 11.6 Å². The number of benzene rings is 1. The van der Waals surface area contributed by atoms with Crippen LogP contribution in [0.5, 0.6) is 0 Å². The van der Waals surface area contributed by atoms with Gasteiger partial charge < -0.3 is 4.90 Å². The number of carbonyl (C=O) groups is 2. The van der Waals surface area contributed by atoms with Crippen LogP contribution < -0.4 is 4.90 Å². The molecule has 0 fully saturated rings. The molecule has 0 aromatic heterocycles. The first kappa shape index (κ1) is 13.1. The van der Waals surface area contributed by atoms with Crippen molar-refractivity contribution in [1.29, 1.82) is 0 Å². The summed E-state index contributed by atoms with van der Waals surface area (Å²) in [6, 6.07) is 4.96. The second-order valence-electron chi connectivity index (χ2n) is 4.98. The highest BCUT2D eigenvalue weighted by molar-refractivity contribution is 6.52. The SMILES string of the molecule is CC(C)CCCN1C(=O)C(=O)c2ccc(Cl)cc21. The normalized spacial score (nSPS) is 14.6. The summed E-state index contributed by atoms with van der Waals surface area (Å²) < 4.78 is 0. The molecule has 3 nitrogen and oxygen atoms in total. The molecular weight excluding hydrogens is 250 g/mol. The van der Waals surface area contributed by atoms with Gasteiger partial charge in [-0.25, -0.2) is 0 Å². The predicted octanol–water partition coefficient (Wildman–Crippen LogP) is 3.31. The van der Waals surface area contributed by atoms with Crippen molar-refractivity contribution in [3.8, 4) is 0 Å². The van der Waals surface area contributed by atoms with Gasteiger partial charge in [0.05, 0.1) is 11.3 Å². The van der Waals surface area contributed by atoms with E-state index in [1.165, 1.54) is 0 Å². The minimum absolute atomic E-state index is 0.425. The van der Waals surface area contributed by atoms with Crippen molar-refractivity contribution in [1.82, 2.24) is 0 Å². The zero-order valence-corrected chi connectivity index (χ0v) is 11.3. The quantitative estimate of drug-likeness (QED) is 0.784. The number of carbonyl (C=O) groups excluding carboxylic acids is 2. The number of hydrogen-bond acceptors (Lipinski definition) is 2. The Kier molecular flexibility index (Phi) is 3.71. The zero-order valence-electron chi connectivity index (χ0n) is 10.6. The average Bonchev–Trinajstić information content (AvgIpc) is 2.53. The standard InChI is InChI=1S/C14H16ClNO2/c1-9(2)4-3-7-16-12-8-10(15)5-6-11(12)13(17)14(16)18/h5-6,8-9H,3-4,7H2,1-2H3. The van der Waals surface area contributed by atoms with Gasteiger partial charge in [-0.3, -0.25) is 9.59 Å². The molecule has 0 bridgehead atoms. The van der Waals surface area contributed by atoms with Gasteiger partial charge in [0.15, 0.2) is 0 Å². The van der Waals surface area contributed by atoms with Crippen LogP contribution in [0.25, 0.3) is 0 Å². The van der Waals surface area contributed by atoms with Gasteiger partial charge >= 0.3 is 0 Å². The third-order valence-electron chi connectivity index (χ3n) is 3.10. The fourth-order valence-electron chi connectivity index (χ4n) is 2.15. The van der Waals surface area contributed by atoms with Crippen LogP contribution in [-0.2, 0) is 4.79 Å². The summed E-state index contributed by atoms with van der Waals surface area (Å²) in [5, 5.41) is 0.546. The summed E-state index contributed by atoms with van der Waals surface area (Å²) in [5.74, 6) is -0.264. The summed E-state index contributed by atoms with van der Waals surface area (Å²) in [7, 11) is 0. The van der Waals surface area contributed by atoms with Crippen molar-refractivity contribution in [2.75, 3.05) is 11.4 Å². The van der Waals surface area contributed by atoms with E-state index in [9.17, 15) is 9.59 Å². The van der Waals surface area contributed by atoms with Gasteiger partial charge in [0.25, 0.3) is 11.7 Å². The molecule has 96 valence electrons. The van der Waals surface area contributed by atoms with E-state index >= 15 is 0 Å². The first-order chi connectivity index (χ1) is 8.50. The maximum absolute atomic E-state index is 11.9. The Hall–Kier alpha value is -1.35. The van der Waals surface area contributed by atoms with Crippen molar-refractivity contribution in [2.45, 2.75) is 26.7 Å². The molecule has 0 aliphatic carbocycles. The fourth-order valence-corrected chi connectivity index (χ4v) is 2.31. The van der Waals surface area contributed by atoms with Gasteiger partial charge in [-0.2, -0.15) is 0 Å². The Morgan fingerprint density at radius 1 is 1.28 bits per heavy atom. The second kappa shape index (κ2) is 5.11. The molecule has 0 saturated carbocycles. The molecule has 0 saturated heterocycles. The Morgan fingerprint density at radius 3 is 2.67 bits per heavy atom. The van der Waals surface area contributed by atoms with Crippen molar-refractivity contribution < 1.29 is 9.59 Å². The molecule has 0 unspecified atom stereocenters. The van der Waals surface area contributed by atoms with Crippen molar-refractivity contribution >= 4 is 29.0 Å². The van der Waals surface area contributed by atoms with Crippen LogP contribution in [0.3, 0.4) is 0 Å². The lowest BCUT2D eigenvalue weighted by Gasteiger charge is -2.17. The van der Waals surface area contributed by atoms with E-state index in [4.69, 9.17) is 11.6 Å². The Bertz CT molecular complexity index is 497. The summed E-state index contributed by atoms with van der Waals surface area (Å²) >= 11 is 5.92. The molecule has 1 heterocycles. The maximum Gasteiger partial charge on any atom is 0.299 e. The Labute approximate surface area is 112 Å². The summed E-state index contributed by atoms with van der Waals surface area (Å²) in [6.45, 7) is 4.86. The number of Topliss-reactive ketones (excluding diaryl/α,β-unsaturated/α-hetero) is 1. The van der Waals surface area contributed by atoms with Crippen LogP contribution in [0, 0.1) is 5.92 Å². The highest BCUT2D eigenvalue weighted by Gasteiger charge is 2.35. The van der Waals surface area contributed by atoms with E-state index in [1.807, 2.05) is 0 Å². The third kappa shape index (κ3) is 2.41. The number of nitrogens with zero attached hydrogens (tertiary/aromatic N) is 1. The Balaban J connectivity index is 2.19. The number of rotatable bonds is 4. The average molecular weight is 266 g/mol. The fraction of sp³-hybridized carbons (Fsp3) is 0.429. The van der Waals surface area contributed by atoms with E-state index in [2.05, 4.69) is 13.8 Å². The minimum Gasteiger partial charge on any atom is -0.305 e. The number of halogens is 1. The van der Waals surface area contributed by atoms with Gasteiger partial charge in [0, 0.05) is 11.6 Å². The smallest absolute Gasteiger partial charge is 0.299 e. The zero-order chi connectivity index (χ0) is 13.3. The molecule has 2 rings (SSSR count). The van der Waals surface area contributed by atoms with E-state index in [0.29, 0.717) is 28.7 Å². The van der Waals surface area contributed by atoms with E-state index in [1.54, 1.807) is 23.1 Å². The van der Waals surface area contributed by atoms with Crippen LogP contribution in [-0.4, -0.2) is 18.2 Å². The molecule has 18 heavy (non-hydrogen) atoms. The molecule has 0 atom stereocenters. The largest absolute Gasteiger partial charge is 0.305 e. The van der Waals surface area contributed by atoms with Gasteiger partial charge in [-0.1, -0.05) is 25.4 Å². The lowest BCUT2D eigenvalue weighted by molar-refractivity contribution is -0.114. The van der Waals surface area contributed by atoms with Crippen molar-refractivity contribution in [2.24, 2.45) is 5.92 Å². The molecule has 0 radical (unpaired) electrons. The molecule has 0 N–H and O–H groups in total.